The molecule has 0 spiro atoms. The fraction of sp³-hybridized carbons (Fsp3) is 0.348. The second kappa shape index (κ2) is 7.88. The molecule has 2 aromatic carbocycles. The van der Waals surface area contributed by atoms with Crippen LogP contribution in [0.5, 0.6) is 0 Å². The first-order valence-electron chi connectivity index (χ1n) is 9.74. The lowest BCUT2D eigenvalue weighted by atomic mass is 10.0. The summed E-state index contributed by atoms with van der Waals surface area (Å²) in [7, 11) is 0. The molecule has 0 radical (unpaired) electrons. The molecule has 0 saturated carbocycles. The minimum absolute atomic E-state index is 0.428. The highest BCUT2D eigenvalue weighted by Gasteiger charge is 2.20. The van der Waals surface area contributed by atoms with Gasteiger partial charge in [0.25, 0.3) is 0 Å². The van der Waals surface area contributed by atoms with E-state index in [1.807, 2.05) is 6.33 Å². The molecule has 134 valence electrons. The Kier molecular flexibility index (Phi) is 5.16. The number of nitrogens with zero attached hydrogens (tertiary/aromatic N) is 2. The Morgan fingerprint density at radius 3 is 2.38 bits per heavy atom. The van der Waals surface area contributed by atoms with Gasteiger partial charge in [-0.25, -0.2) is 4.98 Å². The fourth-order valence-electron chi connectivity index (χ4n) is 3.97. The van der Waals surface area contributed by atoms with Gasteiger partial charge in [0.2, 0.25) is 0 Å². The minimum atomic E-state index is 0.428. The topological polar surface area (TPSA) is 29.9 Å². The van der Waals surface area contributed by atoms with Gasteiger partial charge in [0, 0.05) is 23.2 Å². The van der Waals surface area contributed by atoms with Gasteiger partial charge in [-0.3, -0.25) is 0 Å². The van der Waals surface area contributed by atoms with Crippen LogP contribution >= 0.6 is 0 Å². The molecule has 0 bridgehead atoms. The summed E-state index contributed by atoms with van der Waals surface area (Å²) in [6, 6.07) is 22.3. The fourth-order valence-corrected chi connectivity index (χ4v) is 3.97. The second-order valence-corrected chi connectivity index (χ2v) is 7.30. The molecule has 1 N–H and O–H groups in total. The van der Waals surface area contributed by atoms with E-state index in [2.05, 4.69) is 77.5 Å². The predicted octanol–water partition coefficient (Wildman–Crippen LogP) is 5.31. The Morgan fingerprint density at radius 1 is 1.04 bits per heavy atom. The van der Waals surface area contributed by atoms with Gasteiger partial charge in [0.1, 0.15) is 0 Å². The monoisotopic (exact) mass is 345 g/mol. The number of aromatic nitrogens is 2. The van der Waals surface area contributed by atoms with Crippen molar-refractivity contribution in [2.75, 3.05) is 6.54 Å². The van der Waals surface area contributed by atoms with Crippen LogP contribution in [0.2, 0.25) is 0 Å². The zero-order valence-corrected chi connectivity index (χ0v) is 15.4. The summed E-state index contributed by atoms with van der Waals surface area (Å²) in [5, 5.41) is 3.62. The highest BCUT2D eigenvalue weighted by atomic mass is 15.1. The minimum Gasteiger partial charge on any atom is -0.327 e. The van der Waals surface area contributed by atoms with E-state index < -0.39 is 0 Å². The molecule has 1 saturated heterocycles. The summed E-state index contributed by atoms with van der Waals surface area (Å²) < 4.78 is 2.37. The van der Waals surface area contributed by atoms with E-state index in [0.29, 0.717) is 12.1 Å². The summed E-state index contributed by atoms with van der Waals surface area (Å²) in [5.74, 6) is 0. The first kappa shape index (κ1) is 17.0. The van der Waals surface area contributed by atoms with E-state index >= 15 is 0 Å². The predicted molar refractivity (Wildman–Crippen MR) is 108 cm³/mol. The van der Waals surface area contributed by atoms with E-state index in [9.17, 15) is 0 Å². The normalized spacial score (nSPS) is 18.1. The lowest BCUT2D eigenvalue weighted by molar-refractivity contribution is 0.440. The Bertz CT molecular complexity index is 817. The molecule has 2 unspecified atom stereocenters. The van der Waals surface area contributed by atoms with Crippen LogP contribution in [0.4, 0.5) is 0 Å². The summed E-state index contributed by atoms with van der Waals surface area (Å²) >= 11 is 0. The number of nitrogens with one attached hydrogen (secondary N) is 1. The van der Waals surface area contributed by atoms with Gasteiger partial charge >= 0.3 is 0 Å². The average Bonchev–Trinajstić information content (AvgIpc) is 3.37. The zero-order valence-electron chi connectivity index (χ0n) is 15.4. The molecule has 0 amide bonds. The molecule has 1 aliphatic rings. The Morgan fingerprint density at radius 2 is 1.73 bits per heavy atom. The molecule has 1 aliphatic heterocycles. The van der Waals surface area contributed by atoms with Crippen LogP contribution in [0.25, 0.3) is 22.5 Å². The summed E-state index contributed by atoms with van der Waals surface area (Å²) in [4.78, 5) is 4.81. The average molecular weight is 345 g/mol. The van der Waals surface area contributed by atoms with Crippen molar-refractivity contribution >= 4 is 0 Å². The third-order valence-electron chi connectivity index (χ3n) is 5.46. The van der Waals surface area contributed by atoms with Crippen molar-refractivity contribution in [2.45, 2.75) is 44.7 Å². The maximum atomic E-state index is 4.81. The number of benzene rings is 2. The molecular formula is C23H27N3. The summed E-state index contributed by atoms with van der Waals surface area (Å²) in [6.45, 7) is 3.50. The molecule has 3 aromatic rings. The van der Waals surface area contributed by atoms with Gasteiger partial charge in [-0.05, 0) is 39.2 Å². The van der Waals surface area contributed by atoms with Crippen LogP contribution in [0.1, 0.15) is 38.6 Å². The van der Waals surface area contributed by atoms with Crippen molar-refractivity contribution in [1.29, 1.82) is 0 Å². The van der Waals surface area contributed by atoms with E-state index in [1.165, 1.54) is 49.0 Å². The van der Waals surface area contributed by atoms with Crippen molar-refractivity contribution in [1.82, 2.24) is 14.9 Å². The molecule has 1 aromatic heterocycles. The molecule has 0 aliphatic carbocycles. The van der Waals surface area contributed by atoms with Crippen LogP contribution in [0.3, 0.4) is 0 Å². The van der Waals surface area contributed by atoms with Crippen LogP contribution in [-0.2, 0) is 0 Å². The first-order valence-corrected chi connectivity index (χ1v) is 9.74. The first-order chi connectivity index (χ1) is 12.8. The molecule has 4 rings (SSSR count). The molecule has 1 fully saturated rings. The van der Waals surface area contributed by atoms with Crippen molar-refractivity contribution in [2.24, 2.45) is 0 Å². The number of rotatable bonds is 6. The van der Waals surface area contributed by atoms with E-state index in [4.69, 9.17) is 4.98 Å². The quantitative estimate of drug-likeness (QED) is 0.656. The number of hydrogen-bond donors (Lipinski definition) is 1. The summed E-state index contributed by atoms with van der Waals surface area (Å²) in [6.07, 6.45) is 7.06. The van der Waals surface area contributed by atoms with Crippen LogP contribution < -0.4 is 5.32 Å². The molecule has 2 atom stereocenters. The molecule has 3 nitrogen and oxygen atoms in total. The van der Waals surface area contributed by atoms with E-state index in [0.717, 1.165) is 5.69 Å². The van der Waals surface area contributed by atoms with E-state index in [-0.39, 0.29) is 0 Å². The Balaban J connectivity index is 1.67. The van der Waals surface area contributed by atoms with Crippen LogP contribution in [-0.4, -0.2) is 22.1 Å². The van der Waals surface area contributed by atoms with E-state index in [1.54, 1.807) is 0 Å². The second-order valence-electron chi connectivity index (χ2n) is 7.30. The molecule has 26 heavy (non-hydrogen) atoms. The lowest BCUT2D eigenvalue weighted by Gasteiger charge is -2.19. The molecular weight excluding hydrogens is 318 g/mol. The zero-order chi connectivity index (χ0) is 17.8. The van der Waals surface area contributed by atoms with Gasteiger partial charge in [-0.2, -0.15) is 0 Å². The standard InChI is InChI=1S/C23H27N3/c1-18(14-15-21-13-8-16-24-21)26-17-25-22(19-9-4-2-5-10-19)23(26)20-11-6-3-7-12-20/h2-7,9-12,17-18,21,24H,8,13-16H2,1H3. The smallest absolute Gasteiger partial charge is 0.0963 e. The maximum absolute atomic E-state index is 4.81. The van der Waals surface area contributed by atoms with Crippen molar-refractivity contribution in [3.05, 3.63) is 67.0 Å². The number of imidazole rings is 1. The third kappa shape index (κ3) is 3.58. The maximum Gasteiger partial charge on any atom is 0.0963 e. The SMILES string of the molecule is CC(CCC1CCCN1)n1cnc(-c2ccccc2)c1-c1ccccc1. The molecule has 2 heterocycles. The van der Waals surface area contributed by atoms with Gasteiger partial charge in [-0.15, -0.1) is 0 Å². The summed E-state index contributed by atoms with van der Waals surface area (Å²) in [5.41, 5.74) is 4.70. The molecule has 3 heteroatoms. The highest BCUT2D eigenvalue weighted by Crippen LogP contribution is 2.34. The Labute approximate surface area is 156 Å². The number of hydrogen-bond acceptors (Lipinski definition) is 2. The van der Waals surface area contributed by atoms with Crippen molar-refractivity contribution < 1.29 is 0 Å². The largest absolute Gasteiger partial charge is 0.327 e. The van der Waals surface area contributed by atoms with Gasteiger partial charge in [0.15, 0.2) is 0 Å². The van der Waals surface area contributed by atoms with Crippen molar-refractivity contribution in [3.8, 4) is 22.5 Å². The van der Waals surface area contributed by atoms with Crippen molar-refractivity contribution in [3.63, 3.8) is 0 Å². The van der Waals surface area contributed by atoms with Gasteiger partial charge in [-0.1, -0.05) is 60.7 Å². The lowest BCUT2D eigenvalue weighted by Crippen LogP contribution is -2.22. The van der Waals surface area contributed by atoms with Gasteiger partial charge < -0.3 is 9.88 Å². The Hall–Kier alpha value is -2.39. The van der Waals surface area contributed by atoms with Gasteiger partial charge in [0.05, 0.1) is 17.7 Å². The van der Waals surface area contributed by atoms with Crippen LogP contribution in [0.15, 0.2) is 67.0 Å². The highest BCUT2D eigenvalue weighted by molar-refractivity contribution is 5.78. The third-order valence-corrected chi connectivity index (χ3v) is 5.46. The van der Waals surface area contributed by atoms with Crippen LogP contribution in [0, 0.1) is 0 Å².